The van der Waals surface area contributed by atoms with E-state index in [1.807, 2.05) is 0 Å². The third kappa shape index (κ3) is 8.19. The van der Waals surface area contributed by atoms with Gasteiger partial charge in [-0.05, 0) is 77.3 Å². The number of fused-ring (bicyclic) bond motifs is 5. The van der Waals surface area contributed by atoms with Gasteiger partial charge in [-0.3, -0.25) is 18.7 Å². The number of hydrogen-bond donors (Lipinski definition) is 2. The van der Waals surface area contributed by atoms with Crippen molar-refractivity contribution in [2.75, 3.05) is 6.61 Å². The molecule has 17 nitrogen and oxygen atoms in total. The van der Waals surface area contributed by atoms with E-state index in [-0.39, 0.29) is 16.7 Å². The van der Waals surface area contributed by atoms with Gasteiger partial charge in [0, 0.05) is 25.2 Å². The number of halogens is 3. The topological polar surface area (TPSA) is 228 Å². The zero-order valence-corrected chi connectivity index (χ0v) is 39.9. The highest BCUT2D eigenvalue weighted by atomic mass is 32.2. The number of esters is 3. The highest BCUT2D eigenvalue weighted by Crippen LogP contribution is 2.65. The maximum atomic E-state index is 15.4. The first-order chi connectivity index (χ1) is 31.2. The predicted octanol–water partition coefficient (Wildman–Crippen LogP) is 5.62. The van der Waals surface area contributed by atoms with Crippen LogP contribution in [-0.2, 0) is 57.1 Å². The fourth-order valence-corrected chi connectivity index (χ4v) is 11.7. The second-order valence-electron chi connectivity index (χ2n) is 20.3. The summed E-state index contributed by atoms with van der Waals surface area (Å²) in [4.78, 5) is 72.9. The number of alkyl halides is 3. The van der Waals surface area contributed by atoms with Crippen molar-refractivity contribution in [1.82, 2.24) is 4.90 Å². The Morgan fingerprint density at radius 1 is 0.912 bits per heavy atom. The number of aliphatic hydroxyl groups excluding tert-OH is 1. The highest BCUT2D eigenvalue weighted by molar-refractivity contribution is 7.87. The summed E-state index contributed by atoms with van der Waals surface area (Å²) in [5, 5.41) is 26.2. The molecule has 11 atom stereocenters. The molecule has 21 heteroatoms. The molecule has 2 bridgehead atoms. The van der Waals surface area contributed by atoms with Gasteiger partial charge in [0.2, 0.25) is 0 Å². The van der Waals surface area contributed by atoms with Crippen molar-refractivity contribution in [2.45, 2.75) is 153 Å². The molecule has 2 aromatic rings. The minimum absolute atomic E-state index is 0.0164. The molecule has 0 unspecified atom stereocenters. The van der Waals surface area contributed by atoms with Gasteiger partial charge < -0.3 is 38.6 Å². The van der Waals surface area contributed by atoms with Gasteiger partial charge in [0.1, 0.15) is 47.4 Å². The SMILES string of the molecule is CC(=O)O[C@@]12CO[C@@H]1C[C@H](OS(=O)(=O)C(F)(F)F)[C@@]1(C)C(=O)[C@H](O)C3=C(C)[C@@H](OC(=O)[C@@H]4OC(C)(C)N(C(=O)OC(C)(C)C)[C@H]4c4ccccc4)C[C@@](O)([C@@H](OC(=O)c4ccccc4)[C@H]21)C3(C)C. The van der Waals surface area contributed by atoms with Gasteiger partial charge in [-0.2, -0.15) is 21.6 Å². The molecule has 2 aromatic carbocycles. The smallest absolute Gasteiger partial charge is 0.456 e. The van der Waals surface area contributed by atoms with E-state index < -0.39 is 147 Å². The first kappa shape index (κ1) is 50.9. The summed E-state index contributed by atoms with van der Waals surface area (Å²) >= 11 is 0. The molecular weight excluding hydrogens is 924 g/mol. The molecule has 5 aliphatic rings. The van der Waals surface area contributed by atoms with Gasteiger partial charge in [0.25, 0.3) is 0 Å². The van der Waals surface area contributed by atoms with Crippen LogP contribution < -0.4 is 0 Å². The minimum atomic E-state index is -6.52. The lowest BCUT2D eigenvalue weighted by Gasteiger charge is -2.67. The molecule has 2 heterocycles. The van der Waals surface area contributed by atoms with E-state index in [0.717, 1.165) is 13.8 Å². The monoisotopic (exact) mass is 979 g/mol. The number of carbonyl (C=O) groups is 5. The second-order valence-corrected chi connectivity index (χ2v) is 21.8. The van der Waals surface area contributed by atoms with Crippen LogP contribution in [0.25, 0.3) is 0 Å². The zero-order chi connectivity index (χ0) is 50.5. The van der Waals surface area contributed by atoms with Crippen molar-refractivity contribution in [3.05, 3.63) is 82.9 Å². The number of hydrogen-bond acceptors (Lipinski definition) is 16. The Morgan fingerprint density at radius 2 is 1.50 bits per heavy atom. The Morgan fingerprint density at radius 3 is 2.03 bits per heavy atom. The molecule has 1 amide bonds. The highest BCUT2D eigenvalue weighted by Gasteiger charge is 2.79. The lowest BCUT2D eigenvalue weighted by Crippen LogP contribution is -2.82. The van der Waals surface area contributed by atoms with Crippen LogP contribution in [0.4, 0.5) is 18.0 Å². The molecule has 372 valence electrons. The van der Waals surface area contributed by atoms with Crippen LogP contribution in [0.5, 0.6) is 0 Å². The number of ketones is 1. The van der Waals surface area contributed by atoms with Crippen LogP contribution in [0.1, 0.15) is 104 Å². The minimum Gasteiger partial charge on any atom is -0.456 e. The number of aliphatic hydroxyl groups is 2. The van der Waals surface area contributed by atoms with Crippen LogP contribution in [0.15, 0.2) is 71.8 Å². The van der Waals surface area contributed by atoms with Gasteiger partial charge in [-0.15, -0.1) is 0 Å². The lowest BCUT2D eigenvalue weighted by molar-refractivity contribution is -0.344. The molecule has 4 fully saturated rings. The average Bonchev–Trinajstić information content (AvgIpc) is 3.52. The first-order valence-corrected chi connectivity index (χ1v) is 23.3. The predicted molar refractivity (Wildman–Crippen MR) is 229 cm³/mol. The summed E-state index contributed by atoms with van der Waals surface area (Å²) < 4.78 is 109. The number of benzene rings is 2. The van der Waals surface area contributed by atoms with Gasteiger partial charge in [-0.1, -0.05) is 62.4 Å². The molecule has 0 spiro atoms. The van der Waals surface area contributed by atoms with E-state index in [4.69, 9.17) is 32.6 Å². The van der Waals surface area contributed by atoms with Crippen molar-refractivity contribution >= 4 is 39.9 Å². The van der Waals surface area contributed by atoms with Crippen molar-refractivity contribution < 1.29 is 88.4 Å². The van der Waals surface area contributed by atoms with Crippen molar-refractivity contribution in [3.63, 3.8) is 0 Å². The van der Waals surface area contributed by atoms with Crippen LogP contribution in [-0.4, -0.2) is 125 Å². The summed E-state index contributed by atoms with van der Waals surface area (Å²) in [5.74, 6) is -6.64. The third-order valence-electron chi connectivity index (χ3n) is 14.2. The van der Waals surface area contributed by atoms with Crippen LogP contribution in [0, 0.1) is 16.7 Å². The molecule has 2 saturated carbocycles. The molecule has 0 radical (unpaired) electrons. The standard InChI is InChI=1S/C47H56F3NO16S/c1-24-28(62-39(56)34-32(26-17-13-11-14-18-26)51(43(8,9)65-34)40(57)66-41(3,4)5)22-46(58)37(63-38(55)27-19-15-12-16-20-27)35-44(10,36(54)33(53)31(24)42(46,6)7)29(67-68(59,60)47(48,49)50)21-30-45(35,23-61-30)64-25(2)52/h11-20,28-30,32-35,37,53,58H,21-23H2,1-10H3/t28-,29-,30+,32-,33+,34+,35-,37-,44+,45-,46+/m0/s1. The van der Waals surface area contributed by atoms with E-state index in [9.17, 15) is 51.0 Å². The van der Waals surface area contributed by atoms with Crippen LogP contribution >= 0.6 is 0 Å². The van der Waals surface area contributed by atoms with Crippen molar-refractivity contribution in [3.8, 4) is 0 Å². The Labute approximate surface area is 391 Å². The zero-order valence-electron chi connectivity index (χ0n) is 39.1. The van der Waals surface area contributed by atoms with E-state index in [1.165, 1.54) is 49.9 Å². The molecule has 2 aliphatic heterocycles. The van der Waals surface area contributed by atoms with Gasteiger partial charge in [0.15, 0.2) is 17.5 Å². The van der Waals surface area contributed by atoms with Gasteiger partial charge in [-0.25, -0.2) is 14.4 Å². The summed E-state index contributed by atoms with van der Waals surface area (Å²) in [6, 6.07) is 14.5. The molecule has 2 N–H and O–H groups in total. The Bertz CT molecular complexity index is 2510. The van der Waals surface area contributed by atoms with E-state index >= 15 is 4.79 Å². The Balaban J connectivity index is 1.42. The number of ether oxygens (including phenoxy) is 6. The molecule has 7 rings (SSSR count). The van der Waals surface area contributed by atoms with Crippen molar-refractivity contribution in [2.24, 2.45) is 16.7 Å². The third-order valence-corrected chi connectivity index (χ3v) is 15.2. The summed E-state index contributed by atoms with van der Waals surface area (Å²) in [5.41, 5.74) is -17.9. The molecule has 68 heavy (non-hydrogen) atoms. The number of amides is 1. The summed E-state index contributed by atoms with van der Waals surface area (Å²) in [6.45, 7) is 13.6. The van der Waals surface area contributed by atoms with E-state index in [2.05, 4.69) is 0 Å². The quantitative estimate of drug-likeness (QED) is 0.108. The second kappa shape index (κ2) is 16.9. The summed E-state index contributed by atoms with van der Waals surface area (Å²) in [7, 11) is -6.52. The maximum Gasteiger partial charge on any atom is 0.523 e. The van der Waals surface area contributed by atoms with Gasteiger partial charge in [0.05, 0.1) is 29.6 Å². The molecular formula is C47H56F3NO16S. The Kier molecular flexibility index (Phi) is 12.7. The van der Waals surface area contributed by atoms with Crippen LogP contribution in [0.3, 0.4) is 0 Å². The fourth-order valence-electron chi connectivity index (χ4n) is 11.0. The van der Waals surface area contributed by atoms with Gasteiger partial charge >= 0.3 is 39.6 Å². The largest absolute Gasteiger partial charge is 0.523 e. The normalized spacial score (nSPS) is 34.3. The number of carbonyl (C=O) groups excluding carboxylic acids is 5. The van der Waals surface area contributed by atoms with Crippen LogP contribution in [0.2, 0.25) is 0 Å². The van der Waals surface area contributed by atoms with E-state index in [1.54, 1.807) is 71.0 Å². The molecule has 2 saturated heterocycles. The molecule has 3 aliphatic carbocycles. The maximum absolute atomic E-state index is 15.4. The first-order valence-electron chi connectivity index (χ1n) is 21.9. The Hall–Kier alpha value is -4.93. The number of Topliss-reactive ketones (excluding diaryl/α,β-unsaturated/α-hetero) is 1. The van der Waals surface area contributed by atoms with Crippen molar-refractivity contribution in [1.29, 1.82) is 0 Å². The number of nitrogens with zero attached hydrogens (tertiary/aromatic N) is 1. The number of rotatable bonds is 8. The lowest BCUT2D eigenvalue weighted by atomic mass is 9.44. The average molecular weight is 980 g/mol. The molecule has 0 aromatic heterocycles. The fraction of sp³-hybridized carbons (Fsp3) is 0.596. The summed E-state index contributed by atoms with van der Waals surface area (Å²) in [6.07, 6.45) is -14.0. The van der Waals surface area contributed by atoms with E-state index in [0.29, 0.717) is 5.56 Å².